The summed E-state index contributed by atoms with van der Waals surface area (Å²) in [6.45, 7) is 8.60. The van der Waals surface area contributed by atoms with Crippen LogP contribution in [0.15, 0.2) is 18.2 Å². The molecule has 1 aliphatic heterocycles. The lowest BCUT2D eigenvalue weighted by molar-refractivity contribution is 0.585. The molecular formula is C14H20N4. The number of hydrogen-bond acceptors (Lipinski definition) is 3. The molecule has 2 aromatic rings. The van der Waals surface area contributed by atoms with Crippen LogP contribution in [-0.2, 0) is 0 Å². The van der Waals surface area contributed by atoms with E-state index in [1.807, 2.05) is 0 Å². The molecule has 0 amide bonds. The molecule has 4 nitrogen and oxygen atoms in total. The van der Waals surface area contributed by atoms with E-state index in [0.29, 0.717) is 5.92 Å². The standard InChI is InChI=1S/C14H20N4/c1-10(2)11-3-4-13-12(9-11)14(17-16-13)18-7-5-15-6-8-18/h3-4,9-10,15H,5-8H2,1-2H3,(H,16,17). The predicted molar refractivity (Wildman–Crippen MR) is 75.3 cm³/mol. The van der Waals surface area contributed by atoms with Crippen LogP contribution in [0.3, 0.4) is 0 Å². The summed E-state index contributed by atoms with van der Waals surface area (Å²) in [5, 5.41) is 12.3. The van der Waals surface area contributed by atoms with Gasteiger partial charge in [-0.1, -0.05) is 19.9 Å². The van der Waals surface area contributed by atoms with Crippen molar-refractivity contribution in [2.75, 3.05) is 31.1 Å². The third kappa shape index (κ3) is 1.97. The molecule has 2 heterocycles. The molecule has 0 spiro atoms. The number of anilines is 1. The second-order valence-corrected chi connectivity index (χ2v) is 5.24. The van der Waals surface area contributed by atoms with E-state index in [0.717, 1.165) is 37.5 Å². The third-order valence-corrected chi connectivity index (χ3v) is 3.65. The molecule has 0 saturated carbocycles. The van der Waals surface area contributed by atoms with E-state index in [-0.39, 0.29) is 0 Å². The number of nitrogens with one attached hydrogen (secondary N) is 2. The Morgan fingerprint density at radius 3 is 2.72 bits per heavy atom. The molecule has 0 unspecified atom stereocenters. The summed E-state index contributed by atoms with van der Waals surface area (Å²) in [6.07, 6.45) is 0. The van der Waals surface area contributed by atoms with Gasteiger partial charge in [-0.3, -0.25) is 5.10 Å². The van der Waals surface area contributed by atoms with E-state index in [4.69, 9.17) is 0 Å². The van der Waals surface area contributed by atoms with Crippen molar-refractivity contribution in [3.05, 3.63) is 23.8 Å². The fourth-order valence-corrected chi connectivity index (χ4v) is 2.49. The number of nitrogens with zero attached hydrogens (tertiary/aromatic N) is 2. The lowest BCUT2D eigenvalue weighted by atomic mass is 10.0. The fraction of sp³-hybridized carbons (Fsp3) is 0.500. The molecule has 1 aromatic carbocycles. The molecule has 0 bridgehead atoms. The summed E-state index contributed by atoms with van der Waals surface area (Å²) >= 11 is 0. The molecule has 18 heavy (non-hydrogen) atoms. The number of piperazine rings is 1. The Hall–Kier alpha value is -1.55. The van der Waals surface area contributed by atoms with Gasteiger partial charge in [0, 0.05) is 31.6 Å². The van der Waals surface area contributed by atoms with Crippen molar-refractivity contribution in [2.24, 2.45) is 0 Å². The zero-order valence-corrected chi connectivity index (χ0v) is 11.0. The van der Waals surface area contributed by atoms with Crippen LogP contribution in [-0.4, -0.2) is 36.4 Å². The Balaban J connectivity index is 2.03. The van der Waals surface area contributed by atoms with Crippen LogP contribution in [0, 0.1) is 0 Å². The highest BCUT2D eigenvalue weighted by Gasteiger charge is 2.16. The maximum absolute atomic E-state index is 4.49. The highest BCUT2D eigenvalue weighted by molar-refractivity contribution is 5.90. The highest BCUT2D eigenvalue weighted by Crippen LogP contribution is 2.27. The smallest absolute Gasteiger partial charge is 0.158 e. The highest BCUT2D eigenvalue weighted by atomic mass is 15.3. The molecule has 1 aromatic heterocycles. The number of aromatic nitrogens is 2. The lowest BCUT2D eigenvalue weighted by Gasteiger charge is -2.27. The first-order chi connectivity index (χ1) is 8.75. The first-order valence-corrected chi connectivity index (χ1v) is 6.69. The van der Waals surface area contributed by atoms with Gasteiger partial charge in [-0.05, 0) is 23.6 Å². The van der Waals surface area contributed by atoms with E-state index in [9.17, 15) is 0 Å². The van der Waals surface area contributed by atoms with Gasteiger partial charge in [0.25, 0.3) is 0 Å². The van der Waals surface area contributed by atoms with Crippen LogP contribution >= 0.6 is 0 Å². The van der Waals surface area contributed by atoms with Crippen molar-refractivity contribution in [2.45, 2.75) is 19.8 Å². The Morgan fingerprint density at radius 2 is 2.00 bits per heavy atom. The van der Waals surface area contributed by atoms with Crippen molar-refractivity contribution in [3.8, 4) is 0 Å². The zero-order chi connectivity index (χ0) is 12.5. The normalized spacial score (nSPS) is 16.7. The molecule has 3 rings (SSSR count). The van der Waals surface area contributed by atoms with Crippen LogP contribution in [0.5, 0.6) is 0 Å². The largest absolute Gasteiger partial charge is 0.352 e. The summed E-state index contributed by atoms with van der Waals surface area (Å²) in [4.78, 5) is 2.36. The minimum Gasteiger partial charge on any atom is -0.352 e. The summed E-state index contributed by atoms with van der Waals surface area (Å²) in [6, 6.07) is 6.61. The second-order valence-electron chi connectivity index (χ2n) is 5.24. The average Bonchev–Trinajstić information content (AvgIpc) is 2.82. The molecule has 96 valence electrons. The zero-order valence-electron chi connectivity index (χ0n) is 11.0. The molecule has 1 fully saturated rings. The summed E-state index contributed by atoms with van der Waals surface area (Å²) in [5.74, 6) is 1.66. The molecule has 1 saturated heterocycles. The topological polar surface area (TPSA) is 44.0 Å². The second kappa shape index (κ2) is 4.61. The Morgan fingerprint density at radius 1 is 1.22 bits per heavy atom. The van der Waals surface area contributed by atoms with E-state index < -0.39 is 0 Å². The first-order valence-electron chi connectivity index (χ1n) is 6.69. The van der Waals surface area contributed by atoms with E-state index >= 15 is 0 Å². The van der Waals surface area contributed by atoms with Crippen LogP contribution in [0.1, 0.15) is 25.3 Å². The van der Waals surface area contributed by atoms with Crippen molar-refractivity contribution in [3.63, 3.8) is 0 Å². The number of fused-ring (bicyclic) bond motifs is 1. The SMILES string of the molecule is CC(C)c1ccc2[nH]nc(N3CCNCC3)c2c1. The van der Waals surface area contributed by atoms with Crippen molar-refractivity contribution < 1.29 is 0 Å². The molecule has 0 radical (unpaired) electrons. The number of hydrogen-bond donors (Lipinski definition) is 2. The van der Waals surface area contributed by atoms with E-state index in [1.165, 1.54) is 10.9 Å². The van der Waals surface area contributed by atoms with Gasteiger partial charge >= 0.3 is 0 Å². The lowest BCUT2D eigenvalue weighted by Crippen LogP contribution is -2.43. The molecule has 0 aliphatic carbocycles. The van der Waals surface area contributed by atoms with Gasteiger partial charge in [0.15, 0.2) is 5.82 Å². The number of benzene rings is 1. The monoisotopic (exact) mass is 244 g/mol. The van der Waals surface area contributed by atoms with Gasteiger partial charge in [-0.25, -0.2) is 0 Å². The minimum absolute atomic E-state index is 0.556. The maximum atomic E-state index is 4.49. The van der Waals surface area contributed by atoms with Crippen molar-refractivity contribution in [1.82, 2.24) is 15.5 Å². The van der Waals surface area contributed by atoms with Crippen LogP contribution in [0.4, 0.5) is 5.82 Å². The first kappa shape index (κ1) is 11.5. The van der Waals surface area contributed by atoms with E-state index in [1.54, 1.807) is 0 Å². The Bertz CT molecular complexity index is 538. The average molecular weight is 244 g/mol. The molecule has 1 aliphatic rings. The summed E-state index contributed by atoms with van der Waals surface area (Å²) in [7, 11) is 0. The number of aromatic amines is 1. The van der Waals surface area contributed by atoms with Gasteiger partial charge in [0.2, 0.25) is 0 Å². The minimum atomic E-state index is 0.556. The third-order valence-electron chi connectivity index (χ3n) is 3.65. The summed E-state index contributed by atoms with van der Waals surface area (Å²) < 4.78 is 0. The number of H-pyrrole nitrogens is 1. The van der Waals surface area contributed by atoms with E-state index in [2.05, 4.69) is 52.5 Å². The molecule has 2 N–H and O–H groups in total. The Kier molecular flexibility index (Phi) is 2.96. The quantitative estimate of drug-likeness (QED) is 0.850. The predicted octanol–water partition coefficient (Wildman–Crippen LogP) is 2.10. The number of rotatable bonds is 2. The van der Waals surface area contributed by atoms with Gasteiger partial charge in [-0.2, -0.15) is 5.10 Å². The van der Waals surface area contributed by atoms with Gasteiger partial charge in [0.05, 0.1) is 5.52 Å². The van der Waals surface area contributed by atoms with Crippen LogP contribution in [0.25, 0.3) is 10.9 Å². The van der Waals surface area contributed by atoms with Crippen LogP contribution in [0.2, 0.25) is 0 Å². The summed E-state index contributed by atoms with van der Waals surface area (Å²) in [5.41, 5.74) is 2.51. The van der Waals surface area contributed by atoms with Gasteiger partial charge in [0.1, 0.15) is 0 Å². The van der Waals surface area contributed by atoms with Gasteiger partial charge in [-0.15, -0.1) is 0 Å². The molecular weight excluding hydrogens is 224 g/mol. The van der Waals surface area contributed by atoms with Crippen LogP contribution < -0.4 is 10.2 Å². The maximum Gasteiger partial charge on any atom is 0.158 e. The van der Waals surface area contributed by atoms with Gasteiger partial charge < -0.3 is 10.2 Å². The van der Waals surface area contributed by atoms with Crippen molar-refractivity contribution >= 4 is 16.7 Å². The fourth-order valence-electron chi connectivity index (χ4n) is 2.49. The molecule has 4 heteroatoms. The van der Waals surface area contributed by atoms with Crippen molar-refractivity contribution in [1.29, 1.82) is 0 Å². The Labute approximate surface area is 107 Å². The molecule has 0 atom stereocenters.